The van der Waals surface area contributed by atoms with Gasteiger partial charge in [-0.1, -0.05) is 115 Å². The number of benzene rings is 6. The Balaban J connectivity index is 1.02. The van der Waals surface area contributed by atoms with Crippen LogP contribution in [0.5, 0.6) is 0 Å². The SMILES string of the molecule is C1=CC2=C(CC1)CC(C1=NC(c3ccc4c(c3)CCCC4)=NC(c3ccc(-n4c5ccc6ccccc6c5c5c6ccccc6ccc54)cc3)N1)C=C2. The molecule has 2 unspecified atom stereocenters. The molecule has 0 radical (unpaired) electrons. The average molecular weight is 685 g/mol. The second kappa shape index (κ2) is 12.3. The van der Waals surface area contributed by atoms with Crippen molar-refractivity contribution in [1.29, 1.82) is 0 Å². The van der Waals surface area contributed by atoms with Crippen molar-refractivity contribution in [2.45, 2.75) is 51.1 Å². The molecule has 256 valence electrons. The Morgan fingerprint density at radius 1 is 0.660 bits per heavy atom. The van der Waals surface area contributed by atoms with Gasteiger partial charge in [0, 0.05) is 27.9 Å². The van der Waals surface area contributed by atoms with E-state index in [1.807, 2.05) is 0 Å². The van der Waals surface area contributed by atoms with E-state index in [9.17, 15) is 0 Å². The molecule has 11 rings (SSSR count). The Bertz CT molecular complexity index is 2700. The molecule has 0 amide bonds. The molecule has 4 aliphatic rings. The van der Waals surface area contributed by atoms with Gasteiger partial charge in [-0.2, -0.15) is 0 Å². The Morgan fingerprint density at radius 2 is 1.38 bits per heavy atom. The van der Waals surface area contributed by atoms with Crippen molar-refractivity contribution < 1.29 is 0 Å². The monoisotopic (exact) mass is 684 g/mol. The van der Waals surface area contributed by atoms with Crippen LogP contribution in [0, 0.1) is 5.92 Å². The molecule has 4 heteroatoms. The van der Waals surface area contributed by atoms with E-state index >= 15 is 0 Å². The van der Waals surface area contributed by atoms with Gasteiger partial charge < -0.3 is 9.88 Å². The molecule has 53 heavy (non-hydrogen) atoms. The van der Waals surface area contributed by atoms with E-state index in [4.69, 9.17) is 9.98 Å². The smallest absolute Gasteiger partial charge is 0.159 e. The second-order valence-corrected chi connectivity index (χ2v) is 15.1. The van der Waals surface area contributed by atoms with Crippen LogP contribution in [0.25, 0.3) is 49.0 Å². The lowest BCUT2D eigenvalue weighted by Crippen LogP contribution is -2.38. The number of aromatic nitrogens is 1. The lowest BCUT2D eigenvalue weighted by molar-refractivity contribution is 0.632. The van der Waals surface area contributed by atoms with E-state index < -0.39 is 0 Å². The van der Waals surface area contributed by atoms with Crippen LogP contribution in [0.15, 0.2) is 161 Å². The fourth-order valence-corrected chi connectivity index (χ4v) is 9.33. The van der Waals surface area contributed by atoms with Gasteiger partial charge >= 0.3 is 0 Å². The quantitative estimate of drug-likeness (QED) is 0.197. The van der Waals surface area contributed by atoms with Gasteiger partial charge in [0.25, 0.3) is 0 Å². The number of nitrogens with zero attached hydrogens (tertiary/aromatic N) is 3. The van der Waals surface area contributed by atoms with Crippen LogP contribution in [0.4, 0.5) is 0 Å². The zero-order valence-corrected chi connectivity index (χ0v) is 29.7. The number of aliphatic imine (C=N–C) groups is 2. The number of hydrogen-bond donors (Lipinski definition) is 1. The van der Waals surface area contributed by atoms with Crippen LogP contribution in [0.3, 0.4) is 0 Å². The van der Waals surface area contributed by atoms with Crippen molar-refractivity contribution in [3.8, 4) is 5.69 Å². The summed E-state index contributed by atoms with van der Waals surface area (Å²) in [5.41, 5.74) is 11.7. The number of fused-ring (bicyclic) bond motifs is 8. The summed E-state index contributed by atoms with van der Waals surface area (Å²) in [6, 6.07) is 42.6. The number of allylic oxidation sites excluding steroid dienone is 5. The average Bonchev–Trinajstić information content (AvgIpc) is 3.58. The van der Waals surface area contributed by atoms with Crippen LogP contribution >= 0.6 is 0 Å². The van der Waals surface area contributed by atoms with Crippen LogP contribution in [0.2, 0.25) is 0 Å². The predicted molar refractivity (Wildman–Crippen MR) is 221 cm³/mol. The molecular formula is C49H40N4. The first kappa shape index (κ1) is 30.6. The Labute approximate surface area is 309 Å². The number of rotatable bonds is 4. The van der Waals surface area contributed by atoms with Gasteiger partial charge in [-0.3, -0.25) is 0 Å². The zero-order valence-electron chi connectivity index (χ0n) is 29.7. The van der Waals surface area contributed by atoms with Crippen LogP contribution < -0.4 is 5.32 Å². The standard InChI is InChI=1S/C49H40N4/c1-3-13-36-29-38(19-17-31(36)9-1)48-50-47(51-49(52-48)39-20-18-32-10-2-4-14-37(32)30-39)35-21-25-40(26-22-35)53-43-27-23-33-11-5-7-15-41(33)45(43)46-42-16-8-6-12-34(42)24-28-44(46)53/h1,5-9,11-12,15-28,30,38,47H,2-4,10,13-14,29H2,(H,50,51,52). The molecule has 1 aliphatic heterocycles. The molecule has 7 aromatic rings. The normalized spacial score (nSPS) is 19.7. The fourth-order valence-electron chi connectivity index (χ4n) is 9.33. The molecule has 3 aliphatic carbocycles. The summed E-state index contributed by atoms with van der Waals surface area (Å²) in [7, 11) is 0. The maximum absolute atomic E-state index is 5.32. The molecule has 1 aromatic heterocycles. The molecular weight excluding hydrogens is 645 g/mol. The minimum absolute atomic E-state index is 0.201. The van der Waals surface area contributed by atoms with Gasteiger partial charge in [0.15, 0.2) is 5.84 Å². The third kappa shape index (κ3) is 5.11. The fraction of sp³-hybridized carbons (Fsp3) is 0.184. The predicted octanol–water partition coefficient (Wildman–Crippen LogP) is 11.6. The maximum atomic E-state index is 5.32. The Kier molecular flexibility index (Phi) is 7.11. The van der Waals surface area contributed by atoms with Gasteiger partial charge in [-0.05, 0) is 119 Å². The number of aryl methyl sites for hydroxylation is 2. The highest BCUT2D eigenvalue weighted by Crippen LogP contribution is 2.41. The second-order valence-electron chi connectivity index (χ2n) is 15.1. The first-order valence-corrected chi connectivity index (χ1v) is 19.3. The highest BCUT2D eigenvalue weighted by atomic mass is 15.2. The zero-order chi connectivity index (χ0) is 34.9. The van der Waals surface area contributed by atoms with Gasteiger partial charge in [0.1, 0.15) is 12.0 Å². The minimum Gasteiger partial charge on any atom is -0.348 e. The first-order valence-electron chi connectivity index (χ1n) is 19.3. The van der Waals surface area contributed by atoms with Crippen LogP contribution in [0.1, 0.15) is 60.5 Å². The van der Waals surface area contributed by atoms with Crippen molar-refractivity contribution in [3.05, 3.63) is 173 Å². The number of amidine groups is 2. The summed E-state index contributed by atoms with van der Waals surface area (Å²) in [6.07, 6.45) is 17.1. The minimum atomic E-state index is -0.233. The summed E-state index contributed by atoms with van der Waals surface area (Å²) in [5.74, 6) is 2.05. The lowest BCUT2D eigenvalue weighted by Gasteiger charge is -2.30. The van der Waals surface area contributed by atoms with Gasteiger partial charge in [0.05, 0.1) is 11.0 Å². The number of hydrogen-bond acceptors (Lipinski definition) is 3. The van der Waals surface area contributed by atoms with E-state index in [1.165, 1.54) is 84.9 Å². The summed E-state index contributed by atoms with van der Waals surface area (Å²) in [5, 5.41) is 11.5. The van der Waals surface area contributed by atoms with Gasteiger partial charge in [0.2, 0.25) is 0 Å². The van der Waals surface area contributed by atoms with Gasteiger partial charge in [-0.15, -0.1) is 0 Å². The van der Waals surface area contributed by atoms with E-state index in [0.29, 0.717) is 0 Å². The molecule has 4 nitrogen and oxygen atoms in total. The molecule has 0 fully saturated rings. The molecule has 2 heterocycles. The summed E-state index contributed by atoms with van der Waals surface area (Å²) in [4.78, 5) is 10.6. The van der Waals surface area contributed by atoms with Crippen molar-refractivity contribution >= 4 is 55.0 Å². The molecule has 0 saturated carbocycles. The highest BCUT2D eigenvalue weighted by Gasteiger charge is 2.28. The third-order valence-corrected chi connectivity index (χ3v) is 12.0. The van der Waals surface area contributed by atoms with Crippen LogP contribution in [-0.2, 0) is 12.8 Å². The highest BCUT2D eigenvalue weighted by molar-refractivity contribution is 6.28. The van der Waals surface area contributed by atoms with Crippen LogP contribution in [-0.4, -0.2) is 16.2 Å². The van der Waals surface area contributed by atoms with Crippen molar-refractivity contribution in [3.63, 3.8) is 0 Å². The third-order valence-electron chi connectivity index (χ3n) is 12.0. The largest absolute Gasteiger partial charge is 0.348 e. The van der Waals surface area contributed by atoms with Crippen molar-refractivity contribution in [2.24, 2.45) is 15.9 Å². The molecule has 0 spiro atoms. The molecule has 0 saturated heterocycles. The molecule has 6 aromatic carbocycles. The Morgan fingerprint density at radius 3 is 2.13 bits per heavy atom. The molecule has 0 bridgehead atoms. The van der Waals surface area contributed by atoms with E-state index in [-0.39, 0.29) is 12.1 Å². The summed E-state index contributed by atoms with van der Waals surface area (Å²) < 4.78 is 2.44. The van der Waals surface area contributed by atoms with E-state index in [0.717, 1.165) is 54.2 Å². The van der Waals surface area contributed by atoms with Crippen molar-refractivity contribution in [2.75, 3.05) is 0 Å². The summed E-state index contributed by atoms with van der Waals surface area (Å²) >= 11 is 0. The molecule has 1 N–H and O–H groups in total. The van der Waals surface area contributed by atoms with Crippen molar-refractivity contribution in [1.82, 2.24) is 9.88 Å². The topological polar surface area (TPSA) is 41.7 Å². The summed E-state index contributed by atoms with van der Waals surface area (Å²) in [6.45, 7) is 0. The van der Waals surface area contributed by atoms with E-state index in [2.05, 4.69) is 149 Å². The van der Waals surface area contributed by atoms with Gasteiger partial charge in [-0.25, -0.2) is 9.98 Å². The first-order chi connectivity index (χ1) is 26.2. The number of nitrogens with one attached hydrogen (secondary N) is 1. The molecule has 2 atom stereocenters. The maximum Gasteiger partial charge on any atom is 0.159 e. The lowest BCUT2D eigenvalue weighted by atomic mass is 9.84. The Hall–Kier alpha value is -6.00. The van der Waals surface area contributed by atoms with E-state index in [1.54, 1.807) is 0 Å².